The zero-order valence-electron chi connectivity index (χ0n) is 13.2. The molecule has 4 rings (SSSR count). The average Bonchev–Trinajstić information content (AvgIpc) is 3.02. The van der Waals surface area contributed by atoms with Gasteiger partial charge in [-0.05, 0) is 31.2 Å². The molecule has 4 nitrogen and oxygen atoms in total. The smallest absolute Gasteiger partial charge is 0.231 e. The minimum absolute atomic E-state index is 0.169. The number of nitrogens with zero attached hydrogens (tertiary/aromatic N) is 3. The van der Waals surface area contributed by atoms with Gasteiger partial charge in [-0.2, -0.15) is 0 Å². The number of fused-ring (bicyclic) bond motifs is 1. The Morgan fingerprint density at radius 2 is 1.75 bits per heavy atom. The normalized spacial score (nSPS) is 10.9. The minimum atomic E-state index is -0.169. The lowest BCUT2D eigenvalue weighted by atomic mass is 10.1. The summed E-state index contributed by atoms with van der Waals surface area (Å²) < 4.78 is 1.95. The highest BCUT2D eigenvalue weighted by Crippen LogP contribution is 2.24. The first-order valence-electron chi connectivity index (χ1n) is 7.74. The number of hydrogen-bond acceptors (Lipinski definition) is 3. The van der Waals surface area contributed by atoms with E-state index in [1.54, 1.807) is 24.4 Å². The van der Waals surface area contributed by atoms with E-state index in [-0.39, 0.29) is 5.78 Å². The fraction of sp³-hybridized carbons (Fsp3) is 0.0500. The molecule has 0 aliphatic heterocycles. The molecule has 3 aromatic heterocycles. The van der Waals surface area contributed by atoms with E-state index >= 15 is 0 Å². The predicted octanol–water partition coefficient (Wildman–Crippen LogP) is 3.94. The van der Waals surface area contributed by atoms with Gasteiger partial charge in [0.1, 0.15) is 17.2 Å². The number of hydrogen-bond donors (Lipinski definition) is 0. The van der Waals surface area contributed by atoms with E-state index in [2.05, 4.69) is 9.97 Å². The van der Waals surface area contributed by atoms with E-state index in [0.29, 0.717) is 11.4 Å². The van der Waals surface area contributed by atoms with Crippen LogP contribution >= 0.6 is 0 Å². The summed E-state index contributed by atoms with van der Waals surface area (Å²) in [6, 6.07) is 19.2. The van der Waals surface area contributed by atoms with Crippen LogP contribution in [0.2, 0.25) is 0 Å². The van der Waals surface area contributed by atoms with Crippen molar-refractivity contribution in [2.75, 3.05) is 0 Å². The fourth-order valence-corrected chi connectivity index (χ4v) is 2.73. The van der Waals surface area contributed by atoms with Gasteiger partial charge < -0.3 is 0 Å². The summed E-state index contributed by atoms with van der Waals surface area (Å²) in [7, 11) is 0. The lowest BCUT2D eigenvalue weighted by Crippen LogP contribution is -2.04. The van der Waals surface area contributed by atoms with Crippen molar-refractivity contribution in [2.24, 2.45) is 0 Å². The largest absolute Gasteiger partial charge is 0.299 e. The highest BCUT2D eigenvalue weighted by molar-refractivity contribution is 6.11. The Morgan fingerprint density at radius 3 is 2.50 bits per heavy atom. The van der Waals surface area contributed by atoms with Crippen LogP contribution in [0.25, 0.3) is 16.9 Å². The second-order valence-electron chi connectivity index (χ2n) is 5.65. The Kier molecular flexibility index (Phi) is 3.43. The van der Waals surface area contributed by atoms with Gasteiger partial charge in [0.15, 0.2) is 0 Å². The first-order valence-corrected chi connectivity index (χ1v) is 7.74. The van der Waals surface area contributed by atoms with Crippen LogP contribution in [0.1, 0.15) is 21.7 Å². The molecule has 0 aliphatic carbocycles. The fourth-order valence-electron chi connectivity index (χ4n) is 2.73. The van der Waals surface area contributed by atoms with Crippen LogP contribution < -0.4 is 0 Å². The zero-order chi connectivity index (χ0) is 16.5. The third-order valence-corrected chi connectivity index (χ3v) is 3.97. The molecule has 0 saturated heterocycles. The van der Waals surface area contributed by atoms with Crippen LogP contribution in [0.4, 0.5) is 0 Å². The molecule has 4 aromatic rings. The monoisotopic (exact) mass is 313 g/mol. The Balaban J connectivity index is 1.92. The van der Waals surface area contributed by atoms with Crippen molar-refractivity contribution < 1.29 is 4.79 Å². The van der Waals surface area contributed by atoms with Gasteiger partial charge in [0.2, 0.25) is 5.78 Å². The number of ketones is 1. The van der Waals surface area contributed by atoms with Crippen molar-refractivity contribution in [3.8, 4) is 11.4 Å². The molecule has 0 unspecified atom stereocenters. The van der Waals surface area contributed by atoms with Crippen molar-refractivity contribution in [1.29, 1.82) is 0 Å². The highest BCUT2D eigenvalue weighted by atomic mass is 16.1. The Morgan fingerprint density at radius 1 is 0.958 bits per heavy atom. The number of imidazole rings is 1. The van der Waals surface area contributed by atoms with Gasteiger partial charge in [-0.1, -0.05) is 42.0 Å². The van der Waals surface area contributed by atoms with E-state index in [1.807, 2.05) is 60.0 Å². The van der Waals surface area contributed by atoms with Crippen molar-refractivity contribution >= 4 is 11.3 Å². The number of carbonyl (C=O) groups is 1. The third-order valence-electron chi connectivity index (χ3n) is 3.97. The summed E-state index contributed by atoms with van der Waals surface area (Å²) in [6.07, 6.45) is 3.54. The molecule has 0 atom stereocenters. The Hall–Kier alpha value is -3.27. The third kappa shape index (κ3) is 2.38. The minimum Gasteiger partial charge on any atom is -0.299 e. The first-order chi connectivity index (χ1) is 11.7. The highest BCUT2D eigenvalue weighted by Gasteiger charge is 2.20. The van der Waals surface area contributed by atoms with Crippen LogP contribution in [0.5, 0.6) is 0 Å². The molecule has 0 N–H and O–H groups in total. The molecule has 1 aromatic carbocycles. The van der Waals surface area contributed by atoms with Gasteiger partial charge in [-0.3, -0.25) is 14.2 Å². The van der Waals surface area contributed by atoms with Gasteiger partial charge in [0, 0.05) is 18.0 Å². The average molecular weight is 313 g/mol. The molecule has 3 heterocycles. The number of benzene rings is 1. The van der Waals surface area contributed by atoms with Crippen molar-refractivity contribution in [3.05, 3.63) is 90.0 Å². The van der Waals surface area contributed by atoms with Gasteiger partial charge in [0.25, 0.3) is 0 Å². The molecule has 0 amide bonds. The maximum absolute atomic E-state index is 12.8. The molecule has 4 heteroatoms. The van der Waals surface area contributed by atoms with Gasteiger partial charge in [0.05, 0.1) is 5.52 Å². The number of pyridine rings is 2. The lowest BCUT2D eigenvalue weighted by molar-refractivity contribution is 0.103. The Bertz CT molecular complexity index is 1020. The molecule has 24 heavy (non-hydrogen) atoms. The SMILES string of the molecule is Cc1ccc(-c2nc(C(=O)c3ccccn3)c3ccccn23)cc1. The second-order valence-corrected chi connectivity index (χ2v) is 5.65. The summed E-state index contributed by atoms with van der Waals surface area (Å²) in [6.45, 7) is 2.05. The van der Waals surface area contributed by atoms with Crippen LogP contribution in [0.3, 0.4) is 0 Å². The summed E-state index contributed by atoms with van der Waals surface area (Å²) in [5, 5.41) is 0. The van der Waals surface area contributed by atoms with Gasteiger partial charge in [-0.25, -0.2) is 4.98 Å². The standard InChI is InChI=1S/C20H15N3O/c1-14-8-10-15(11-9-14)20-22-18(17-7-3-5-13-23(17)20)19(24)16-6-2-4-12-21-16/h2-13H,1H3. The summed E-state index contributed by atoms with van der Waals surface area (Å²) in [5.41, 5.74) is 3.76. The topological polar surface area (TPSA) is 47.3 Å². The molecule has 116 valence electrons. The molecular formula is C20H15N3O. The van der Waals surface area contributed by atoms with E-state index < -0.39 is 0 Å². The van der Waals surface area contributed by atoms with Gasteiger partial charge in [-0.15, -0.1) is 0 Å². The molecule has 0 fully saturated rings. The summed E-state index contributed by atoms with van der Waals surface area (Å²) in [5.74, 6) is 0.586. The van der Waals surface area contributed by atoms with Crippen LogP contribution in [0, 0.1) is 6.92 Å². The van der Waals surface area contributed by atoms with E-state index in [1.165, 1.54) is 5.56 Å². The number of carbonyl (C=O) groups excluding carboxylic acids is 1. The van der Waals surface area contributed by atoms with E-state index in [9.17, 15) is 4.79 Å². The lowest BCUT2D eigenvalue weighted by Gasteiger charge is -2.01. The van der Waals surface area contributed by atoms with Gasteiger partial charge >= 0.3 is 0 Å². The first kappa shape index (κ1) is 14.3. The van der Waals surface area contributed by atoms with E-state index in [0.717, 1.165) is 16.9 Å². The maximum atomic E-state index is 12.8. The molecular weight excluding hydrogens is 298 g/mol. The maximum Gasteiger partial charge on any atom is 0.231 e. The number of rotatable bonds is 3. The molecule has 0 spiro atoms. The molecule has 0 radical (unpaired) electrons. The number of aryl methyl sites for hydroxylation is 1. The summed E-state index contributed by atoms with van der Waals surface area (Å²) >= 11 is 0. The van der Waals surface area contributed by atoms with Crippen LogP contribution in [-0.4, -0.2) is 20.2 Å². The molecule has 0 saturated carbocycles. The second kappa shape index (κ2) is 5.74. The Labute approximate surface area is 139 Å². The van der Waals surface area contributed by atoms with Crippen molar-refractivity contribution in [3.63, 3.8) is 0 Å². The molecule has 0 aliphatic rings. The predicted molar refractivity (Wildman–Crippen MR) is 93.0 cm³/mol. The van der Waals surface area contributed by atoms with Crippen molar-refractivity contribution in [2.45, 2.75) is 6.92 Å². The van der Waals surface area contributed by atoms with Crippen LogP contribution in [0.15, 0.2) is 73.1 Å². The zero-order valence-corrected chi connectivity index (χ0v) is 13.2. The number of aromatic nitrogens is 3. The summed E-state index contributed by atoms with van der Waals surface area (Å²) in [4.78, 5) is 21.6. The quantitative estimate of drug-likeness (QED) is 0.538. The van der Waals surface area contributed by atoms with Crippen molar-refractivity contribution in [1.82, 2.24) is 14.4 Å². The van der Waals surface area contributed by atoms with Crippen LogP contribution in [-0.2, 0) is 0 Å². The molecule has 0 bridgehead atoms. The van der Waals surface area contributed by atoms with E-state index in [4.69, 9.17) is 0 Å².